The molecular formula is C17H16F3NOS. The topological polar surface area (TPSA) is 29.1 Å². The van der Waals surface area contributed by atoms with Crippen LogP contribution in [0.25, 0.3) is 0 Å². The Hall–Kier alpha value is -1.95. The maximum Gasteiger partial charge on any atom is 0.237 e. The number of thioether (sulfide) groups is 1. The van der Waals surface area contributed by atoms with Crippen LogP contribution < -0.4 is 5.32 Å². The van der Waals surface area contributed by atoms with Crippen LogP contribution in [0.3, 0.4) is 0 Å². The highest BCUT2D eigenvalue weighted by molar-refractivity contribution is 8.00. The first-order valence-corrected chi connectivity index (χ1v) is 7.86. The van der Waals surface area contributed by atoms with E-state index in [-0.39, 0.29) is 5.69 Å². The lowest BCUT2D eigenvalue weighted by molar-refractivity contribution is -0.115. The Labute approximate surface area is 137 Å². The van der Waals surface area contributed by atoms with Gasteiger partial charge in [0.2, 0.25) is 5.91 Å². The summed E-state index contributed by atoms with van der Waals surface area (Å²) in [5.74, 6) is -4.78. The van der Waals surface area contributed by atoms with Crippen molar-refractivity contribution in [2.75, 3.05) is 5.32 Å². The second kappa shape index (κ2) is 7.08. The molecule has 0 aliphatic heterocycles. The predicted octanol–water partition coefficient (Wildman–Crippen LogP) is 4.84. The molecule has 0 unspecified atom stereocenters. The fourth-order valence-electron chi connectivity index (χ4n) is 2.03. The van der Waals surface area contributed by atoms with Gasteiger partial charge in [0, 0.05) is 4.90 Å². The number of benzene rings is 2. The standard InChI is InChI=1S/C17H16F3NOS/c1-9-4-7-14(10(2)8-9)23-11(3)17(22)21-13-6-5-12(18)15(19)16(13)20/h4-8,11H,1-3H3,(H,21,22)/t11-/m0/s1. The van der Waals surface area contributed by atoms with Gasteiger partial charge in [-0.1, -0.05) is 17.7 Å². The molecule has 0 aliphatic rings. The fourth-order valence-corrected chi connectivity index (χ4v) is 2.97. The Morgan fingerprint density at radius 2 is 1.78 bits per heavy atom. The van der Waals surface area contributed by atoms with E-state index in [1.807, 2.05) is 32.0 Å². The van der Waals surface area contributed by atoms with Crippen molar-refractivity contribution < 1.29 is 18.0 Å². The predicted molar refractivity (Wildman–Crippen MR) is 86.2 cm³/mol. The molecule has 0 spiro atoms. The van der Waals surface area contributed by atoms with E-state index >= 15 is 0 Å². The van der Waals surface area contributed by atoms with Gasteiger partial charge >= 0.3 is 0 Å². The number of carbonyl (C=O) groups is 1. The summed E-state index contributed by atoms with van der Waals surface area (Å²) in [7, 11) is 0. The summed E-state index contributed by atoms with van der Waals surface area (Å²) in [5.41, 5.74) is 1.78. The van der Waals surface area contributed by atoms with Crippen molar-refractivity contribution in [1.29, 1.82) is 0 Å². The van der Waals surface area contributed by atoms with Crippen molar-refractivity contribution in [3.63, 3.8) is 0 Å². The first-order valence-electron chi connectivity index (χ1n) is 6.98. The molecule has 0 saturated carbocycles. The molecule has 0 radical (unpaired) electrons. The molecule has 2 aromatic rings. The van der Waals surface area contributed by atoms with Crippen LogP contribution in [0, 0.1) is 31.3 Å². The van der Waals surface area contributed by atoms with Gasteiger partial charge in [-0.3, -0.25) is 4.79 Å². The highest BCUT2D eigenvalue weighted by Gasteiger charge is 2.19. The summed E-state index contributed by atoms with van der Waals surface area (Å²) in [4.78, 5) is 13.1. The molecule has 2 rings (SSSR count). The highest BCUT2D eigenvalue weighted by atomic mass is 32.2. The van der Waals surface area contributed by atoms with E-state index in [9.17, 15) is 18.0 Å². The number of anilines is 1. The zero-order valence-electron chi connectivity index (χ0n) is 12.9. The van der Waals surface area contributed by atoms with Gasteiger partial charge < -0.3 is 5.32 Å². The number of halogens is 3. The molecule has 2 aromatic carbocycles. The average Bonchev–Trinajstić information content (AvgIpc) is 2.50. The number of aryl methyl sites for hydroxylation is 2. The zero-order valence-corrected chi connectivity index (χ0v) is 13.7. The third kappa shape index (κ3) is 4.07. The van der Waals surface area contributed by atoms with Crippen LogP contribution in [-0.4, -0.2) is 11.2 Å². The minimum Gasteiger partial charge on any atom is -0.323 e. The van der Waals surface area contributed by atoms with Crippen LogP contribution >= 0.6 is 11.8 Å². The first kappa shape index (κ1) is 17.4. The van der Waals surface area contributed by atoms with E-state index in [4.69, 9.17) is 0 Å². The van der Waals surface area contributed by atoms with Gasteiger partial charge in [-0.25, -0.2) is 13.2 Å². The largest absolute Gasteiger partial charge is 0.323 e. The van der Waals surface area contributed by atoms with Crippen molar-refractivity contribution in [2.45, 2.75) is 30.9 Å². The van der Waals surface area contributed by atoms with Crippen molar-refractivity contribution in [3.8, 4) is 0 Å². The third-order valence-corrected chi connectivity index (χ3v) is 4.58. The first-order chi connectivity index (χ1) is 10.8. The van der Waals surface area contributed by atoms with Gasteiger partial charge in [0.05, 0.1) is 10.9 Å². The second-order valence-electron chi connectivity index (χ2n) is 5.24. The van der Waals surface area contributed by atoms with E-state index in [1.54, 1.807) is 6.92 Å². The average molecular weight is 339 g/mol. The number of hydrogen-bond acceptors (Lipinski definition) is 2. The zero-order chi connectivity index (χ0) is 17.1. The summed E-state index contributed by atoms with van der Waals surface area (Å²) >= 11 is 1.32. The number of hydrogen-bond donors (Lipinski definition) is 1. The lowest BCUT2D eigenvalue weighted by Crippen LogP contribution is -2.23. The molecule has 0 heterocycles. The van der Waals surface area contributed by atoms with Crippen LogP contribution in [-0.2, 0) is 4.79 Å². The van der Waals surface area contributed by atoms with Crippen LogP contribution in [0.5, 0.6) is 0 Å². The van der Waals surface area contributed by atoms with Gasteiger partial charge in [0.1, 0.15) is 0 Å². The summed E-state index contributed by atoms with van der Waals surface area (Å²) in [6.07, 6.45) is 0. The second-order valence-corrected chi connectivity index (χ2v) is 6.62. The molecule has 1 N–H and O–H groups in total. The molecular weight excluding hydrogens is 323 g/mol. The summed E-state index contributed by atoms with van der Waals surface area (Å²) in [6.45, 7) is 5.58. The lowest BCUT2D eigenvalue weighted by atomic mass is 10.2. The van der Waals surface area contributed by atoms with Crippen molar-refractivity contribution in [2.24, 2.45) is 0 Å². The Bertz CT molecular complexity index is 749. The molecule has 0 aliphatic carbocycles. The molecule has 0 fully saturated rings. The third-order valence-electron chi connectivity index (χ3n) is 3.30. The minimum atomic E-state index is -1.60. The minimum absolute atomic E-state index is 0.373. The van der Waals surface area contributed by atoms with Crippen LogP contribution in [0.1, 0.15) is 18.1 Å². The molecule has 122 valence electrons. The van der Waals surface area contributed by atoms with E-state index in [2.05, 4.69) is 5.32 Å². The Morgan fingerprint density at radius 3 is 2.43 bits per heavy atom. The van der Waals surface area contributed by atoms with Crippen molar-refractivity contribution in [3.05, 3.63) is 58.9 Å². The summed E-state index contributed by atoms with van der Waals surface area (Å²) < 4.78 is 39.6. The van der Waals surface area contributed by atoms with Gasteiger partial charge in [0.25, 0.3) is 0 Å². The summed E-state index contributed by atoms with van der Waals surface area (Å²) in [6, 6.07) is 7.63. The van der Waals surface area contributed by atoms with E-state index in [0.29, 0.717) is 0 Å². The Morgan fingerprint density at radius 1 is 1.09 bits per heavy atom. The van der Waals surface area contributed by atoms with Crippen LogP contribution in [0.2, 0.25) is 0 Å². The molecule has 2 nitrogen and oxygen atoms in total. The fraction of sp³-hybridized carbons (Fsp3) is 0.235. The smallest absolute Gasteiger partial charge is 0.237 e. The van der Waals surface area contributed by atoms with Gasteiger partial charge in [-0.05, 0) is 44.5 Å². The van der Waals surface area contributed by atoms with Gasteiger partial charge in [-0.15, -0.1) is 11.8 Å². The van der Waals surface area contributed by atoms with Crippen LogP contribution in [0.15, 0.2) is 35.2 Å². The highest BCUT2D eigenvalue weighted by Crippen LogP contribution is 2.28. The van der Waals surface area contributed by atoms with E-state index in [1.165, 1.54) is 11.8 Å². The van der Waals surface area contributed by atoms with Crippen molar-refractivity contribution >= 4 is 23.4 Å². The number of rotatable bonds is 4. The summed E-state index contributed by atoms with van der Waals surface area (Å²) in [5, 5.41) is 1.76. The molecule has 23 heavy (non-hydrogen) atoms. The van der Waals surface area contributed by atoms with Gasteiger partial charge in [-0.2, -0.15) is 0 Å². The molecule has 0 saturated heterocycles. The molecule has 0 bridgehead atoms. The van der Waals surface area contributed by atoms with E-state index in [0.717, 1.165) is 28.2 Å². The van der Waals surface area contributed by atoms with Crippen molar-refractivity contribution in [1.82, 2.24) is 0 Å². The Balaban J connectivity index is 2.10. The lowest BCUT2D eigenvalue weighted by Gasteiger charge is -2.14. The quantitative estimate of drug-likeness (QED) is 0.638. The SMILES string of the molecule is Cc1ccc(S[C@@H](C)C(=O)Nc2ccc(F)c(F)c2F)c(C)c1. The van der Waals surface area contributed by atoms with E-state index < -0.39 is 28.6 Å². The van der Waals surface area contributed by atoms with Gasteiger partial charge in [0.15, 0.2) is 17.5 Å². The molecule has 1 amide bonds. The number of amides is 1. The monoisotopic (exact) mass is 339 g/mol. The van der Waals surface area contributed by atoms with Crippen LogP contribution in [0.4, 0.5) is 18.9 Å². The number of carbonyl (C=O) groups excluding carboxylic acids is 1. The molecule has 0 aromatic heterocycles. The molecule has 6 heteroatoms. The maximum atomic E-state index is 13.6. The number of nitrogens with one attached hydrogen (secondary N) is 1. The maximum absolute atomic E-state index is 13.6. The normalized spacial score (nSPS) is 12.1. The Kier molecular flexibility index (Phi) is 5.36. The molecule has 1 atom stereocenters.